The minimum atomic E-state index is -1.19. The monoisotopic (exact) mass is 275 g/mol. The van der Waals surface area contributed by atoms with Crippen LogP contribution in [0.5, 0.6) is 0 Å². The molecule has 0 bridgehead atoms. The maximum atomic E-state index is 11.2. The van der Waals surface area contributed by atoms with Gasteiger partial charge in [-0.1, -0.05) is 29.0 Å². The molecule has 1 aromatic carbocycles. The molecule has 2 rings (SSSR count). The number of carboxylic acid groups (broad SMARTS) is 2. The SMILES string of the molecule is Cc1cccc(-c2c(C(=O)O)nnn2CCC(=O)O)c1. The second-order valence-electron chi connectivity index (χ2n) is 4.33. The van der Waals surface area contributed by atoms with E-state index in [9.17, 15) is 9.59 Å². The fraction of sp³-hybridized carbons (Fsp3) is 0.231. The van der Waals surface area contributed by atoms with Gasteiger partial charge in [-0.25, -0.2) is 9.48 Å². The number of rotatable bonds is 5. The number of carbonyl (C=O) groups is 2. The van der Waals surface area contributed by atoms with E-state index in [1.54, 1.807) is 12.1 Å². The topological polar surface area (TPSA) is 105 Å². The van der Waals surface area contributed by atoms with Crippen LogP contribution in [0.2, 0.25) is 0 Å². The van der Waals surface area contributed by atoms with Crippen molar-refractivity contribution in [1.29, 1.82) is 0 Å². The number of aryl methyl sites for hydroxylation is 2. The molecule has 0 fully saturated rings. The molecule has 0 atom stereocenters. The molecule has 0 spiro atoms. The fourth-order valence-electron chi connectivity index (χ4n) is 1.89. The predicted molar refractivity (Wildman–Crippen MR) is 69.4 cm³/mol. The zero-order valence-electron chi connectivity index (χ0n) is 10.8. The first-order valence-electron chi connectivity index (χ1n) is 5.94. The summed E-state index contributed by atoms with van der Waals surface area (Å²) in [6.45, 7) is 1.95. The number of hydrogen-bond acceptors (Lipinski definition) is 4. The van der Waals surface area contributed by atoms with Crippen LogP contribution in [0, 0.1) is 6.92 Å². The average Bonchev–Trinajstić information content (AvgIpc) is 2.80. The molecular formula is C13H13N3O4. The third-order valence-corrected chi connectivity index (χ3v) is 2.77. The van der Waals surface area contributed by atoms with Gasteiger partial charge in [-0.2, -0.15) is 0 Å². The van der Waals surface area contributed by atoms with Crippen molar-refractivity contribution in [3.63, 3.8) is 0 Å². The molecule has 1 aromatic heterocycles. The van der Waals surface area contributed by atoms with Crippen LogP contribution in [0.3, 0.4) is 0 Å². The minimum Gasteiger partial charge on any atom is -0.481 e. The Hall–Kier alpha value is -2.70. The first kappa shape index (κ1) is 13.7. The molecule has 0 saturated carbocycles. The molecule has 0 aliphatic carbocycles. The van der Waals surface area contributed by atoms with Gasteiger partial charge in [0, 0.05) is 5.56 Å². The Balaban J connectivity index is 2.49. The Kier molecular flexibility index (Phi) is 3.79. The van der Waals surface area contributed by atoms with Crippen molar-refractivity contribution in [2.24, 2.45) is 0 Å². The van der Waals surface area contributed by atoms with E-state index >= 15 is 0 Å². The number of benzene rings is 1. The van der Waals surface area contributed by atoms with E-state index in [1.807, 2.05) is 19.1 Å². The number of aromatic nitrogens is 3. The maximum absolute atomic E-state index is 11.2. The molecule has 0 aliphatic rings. The molecule has 2 aromatic rings. The molecule has 0 aliphatic heterocycles. The second-order valence-corrected chi connectivity index (χ2v) is 4.33. The maximum Gasteiger partial charge on any atom is 0.358 e. The van der Waals surface area contributed by atoms with Crippen LogP contribution >= 0.6 is 0 Å². The summed E-state index contributed by atoms with van der Waals surface area (Å²) >= 11 is 0. The molecule has 20 heavy (non-hydrogen) atoms. The number of aliphatic carboxylic acids is 1. The lowest BCUT2D eigenvalue weighted by atomic mass is 10.1. The Morgan fingerprint density at radius 1 is 1.30 bits per heavy atom. The van der Waals surface area contributed by atoms with Gasteiger partial charge in [0.25, 0.3) is 0 Å². The zero-order valence-corrected chi connectivity index (χ0v) is 10.8. The van der Waals surface area contributed by atoms with Crippen molar-refractivity contribution in [3.8, 4) is 11.3 Å². The zero-order chi connectivity index (χ0) is 14.7. The standard InChI is InChI=1S/C13H13N3O4/c1-8-3-2-4-9(7-8)12-11(13(19)20)14-15-16(12)6-5-10(17)18/h2-4,7H,5-6H2,1H3,(H,17,18)(H,19,20). The summed E-state index contributed by atoms with van der Waals surface area (Å²) in [5.41, 5.74) is 1.76. The van der Waals surface area contributed by atoms with Crippen LogP contribution in [0.15, 0.2) is 24.3 Å². The van der Waals surface area contributed by atoms with Gasteiger partial charge in [-0.05, 0) is 13.0 Å². The molecule has 0 radical (unpaired) electrons. The van der Waals surface area contributed by atoms with Gasteiger partial charge in [0.05, 0.1) is 13.0 Å². The Labute approximate surface area is 114 Å². The van der Waals surface area contributed by atoms with Crippen LogP contribution in [-0.4, -0.2) is 37.1 Å². The summed E-state index contributed by atoms with van der Waals surface area (Å²) in [5.74, 6) is -2.17. The first-order chi connectivity index (χ1) is 9.49. The molecule has 1 heterocycles. The predicted octanol–water partition coefficient (Wildman–Crippen LogP) is 1.43. The highest BCUT2D eigenvalue weighted by Crippen LogP contribution is 2.23. The van der Waals surface area contributed by atoms with Gasteiger partial charge in [0.1, 0.15) is 5.69 Å². The quantitative estimate of drug-likeness (QED) is 0.855. The molecule has 0 unspecified atom stereocenters. The van der Waals surface area contributed by atoms with Crippen LogP contribution in [0.1, 0.15) is 22.5 Å². The van der Waals surface area contributed by atoms with Crippen LogP contribution < -0.4 is 0 Å². The smallest absolute Gasteiger partial charge is 0.358 e. The number of aromatic carboxylic acids is 1. The van der Waals surface area contributed by atoms with Crippen molar-refractivity contribution in [2.45, 2.75) is 19.9 Å². The lowest BCUT2D eigenvalue weighted by Crippen LogP contribution is -2.08. The molecule has 7 nitrogen and oxygen atoms in total. The summed E-state index contributed by atoms with van der Waals surface area (Å²) in [6, 6.07) is 7.23. The summed E-state index contributed by atoms with van der Waals surface area (Å²) in [4.78, 5) is 21.8. The highest BCUT2D eigenvalue weighted by atomic mass is 16.4. The lowest BCUT2D eigenvalue weighted by Gasteiger charge is -2.06. The molecule has 0 amide bonds. The van der Waals surface area contributed by atoms with E-state index in [0.717, 1.165) is 5.56 Å². The summed E-state index contributed by atoms with van der Waals surface area (Å²) < 4.78 is 1.31. The molecule has 7 heteroatoms. The van der Waals surface area contributed by atoms with Crippen molar-refractivity contribution >= 4 is 11.9 Å². The van der Waals surface area contributed by atoms with Crippen molar-refractivity contribution in [2.75, 3.05) is 0 Å². The molecule has 2 N–H and O–H groups in total. The van der Waals surface area contributed by atoms with E-state index in [1.165, 1.54) is 4.68 Å². The van der Waals surface area contributed by atoms with Crippen LogP contribution in [0.25, 0.3) is 11.3 Å². The highest BCUT2D eigenvalue weighted by Gasteiger charge is 2.20. The van der Waals surface area contributed by atoms with Crippen LogP contribution in [-0.2, 0) is 11.3 Å². The molecule has 0 saturated heterocycles. The van der Waals surface area contributed by atoms with E-state index in [4.69, 9.17) is 10.2 Å². The Morgan fingerprint density at radius 2 is 2.05 bits per heavy atom. The number of carboxylic acids is 2. The number of nitrogens with zero attached hydrogens (tertiary/aromatic N) is 3. The van der Waals surface area contributed by atoms with Gasteiger partial charge < -0.3 is 10.2 Å². The first-order valence-corrected chi connectivity index (χ1v) is 5.94. The normalized spacial score (nSPS) is 10.4. The second kappa shape index (κ2) is 5.52. The summed E-state index contributed by atoms with van der Waals surface area (Å²) in [6.07, 6.45) is -0.152. The van der Waals surface area contributed by atoms with Gasteiger partial charge in [-0.3, -0.25) is 4.79 Å². The van der Waals surface area contributed by atoms with E-state index in [0.29, 0.717) is 11.3 Å². The number of hydrogen-bond donors (Lipinski definition) is 2. The Morgan fingerprint density at radius 3 is 2.65 bits per heavy atom. The average molecular weight is 275 g/mol. The third-order valence-electron chi connectivity index (χ3n) is 2.77. The van der Waals surface area contributed by atoms with Crippen molar-refractivity contribution in [3.05, 3.63) is 35.5 Å². The van der Waals surface area contributed by atoms with Gasteiger partial charge in [-0.15, -0.1) is 5.10 Å². The van der Waals surface area contributed by atoms with E-state index < -0.39 is 11.9 Å². The van der Waals surface area contributed by atoms with E-state index in [-0.39, 0.29) is 18.7 Å². The van der Waals surface area contributed by atoms with Crippen molar-refractivity contribution in [1.82, 2.24) is 15.0 Å². The summed E-state index contributed by atoms with van der Waals surface area (Å²) in [5, 5.41) is 25.2. The lowest BCUT2D eigenvalue weighted by molar-refractivity contribution is -0.137. The summed E-state index contributed by atoms with van der Waals surface area (Å²) in [7, 11) is 0. The fourth-order valence-corrected chi connectivity index (χ4v) is 1.89. The van der Waals surface area contributed by atoms with Gasteiger partial charge in [0.15, 0.2) is 5.69 Å². The largest absolute Gasteiger partial charge is 0.481 e. The molecule has 104 valence electrons. The Bertz CT molecular complexity index is 663. The third kappa shape index (κ3) is 2.82. The van der Waals surface area contributed by atoms with Gasteiger partial charge >= 0.3 is 11.9 Å². The van der Waals surface area contributed by atoms with Gasteiger partial charge in [0.2, 0.25) is 0 Å². The minimum absolute atomic E-state index is 0.0683. The molecular weight excluding hydrogens is 262 g/mol. The van der Waals surface area contributed by atoms with Crippen LogP contribution in [0.4, 0.5) is 0 Å². The highest BCUT2D eigenvalue weighted by molar-refractivity contribution is 5.92. The van der Waals surface area contributed by atoms with E-state index in [2.05, 4.69) is 10.3 Å². The van der Waals surface area contributed by atoms with Crippen molar-refractivity contribution < 1.29 is 19.8 Å².